The number of carbonyl (C=O) groups is 1. The van der Waals surface area contributed by atoms with Gasteiger partial charge in [0.25, 0.3) is 5.91 Å². The van der Waals surface area contributed by atoms with Crippen LogP contribution in [-0.2, 0) is 6.42 Å². The first-order valence-electron chi connectivity index (χ1n) is 6.57. The minimum absolute atomic E-state index is 0.247. The van der Waals surface area contributed by atoms with Crippen molar-refractivity contribution in [1.29, 1.82) is 0 Å². The predicted octanol–water partition coefficient (Wildman–Crippen LogP) is 0.963. The second-order valence-corrected chi connectivity index (χ2v) is 4.40. The Hall–Kier alpha value is -2.96. The first kappa shape index (κ1) is 13.0. The van der Waals surface area contributed by atoms with E-state index < -0.39 is 0 Å². The summed E-state index contributed by atoms with van der Waals surface area (Å²) < 4.78 is 0. The Labute approximate surface area is 121 Å². The standard InChI is InChI=1S/C14H14N6O/c21-14(17-7-6-13-15-8-9-16-13)12-10-18-20(19-12)11-4-2-1-3-5-11/h1-5,8-10H,6-7H2,(H,15,16)(H,17,21). The molecule has 0 bridgehead atoms. The molecule has 7 nitrogen and oxygen atoms in total. The van der Waals surface area contributed by atoms with Crippen LogP contribution in [0.25, 0.3) is 5.69 Å². The fraction of sp³-hybridized carbons (Fsp3) is 0.143. The number of nitrogens with one attached hydrogen (secondary N) is 2. The molecule has 3 aromatic rings. The van der Waals surface area contributed by atoms with Crippen LogP contribution in [0.5, 0.6) is 0 Å². The highest BCUT2D eigenvalue weighted by molar-refractivity contribution is 5.91. The monoisotopic (exact) mass is 282 g/mol. The van der Waals surface area contributed by atoms with Crippen LogP contribution in [-0.4, -0.2) is 37.4 Å². The number of benzene rings is 1. The Morgan fingerprint density at radius 3 is 2.90 bits per heavy atom. The summed E-state index contributed by atoms with van der Waals surface area (Å²) in [5.74, 6) is 0.590. The van der Waals surface area contributed by atoms with E-state index in [1.165, 1.54) is 11.0 Å². The fourth-order valence-electron chi connectivity index (χ4n) is 1.87. The molecule has 0 aliphatic heterocycles. The average Bonchev–Trinajstić information content (AvgIpc) is 3.20. The molecule has 0 aliphatic carbocycles. The van der Waals surface area contributed by atoms with E-state index >= 15 is 0 Å². The van der Waals surface area contributed by atoms with Gasteiger partial charge < -0.3 is 10.3 Å². The Morgan fingerprint density at radius 2 is 2.14 bits per heavy atom. The molecule has 0 saturated carbocycles. The zero-order chi connectivity index (χ0) is 14.5. The van der Waals surface area contributed by atoms with E-state index in [0.717, 1.165) is 11.5 Å². The quantitative estimate of drug-likeness (QED) is 0.729. The van der Waals surface area contributed by atoms with Crippen molar-refractivity contribution in [3.8, 4) is 5.69 Å². The molecular formula is C14H14N6O. The number of hydrogen-bond acceptors (Lipinski definition) is 4. The molecule has 2 aromatic heterocycles. The van der Waals surface area contributed by atoms with E-state index in [1.807, 2.05) is 30.3 Å². The maximum Gasteiger partial charge on any atom is 0.273 e. The SMILES string of the molecule is O=C(NCCc1ncc[nH]1)c1cnn(-c2ccccc2)n1. The number of aromatic amines is 1. The van der Waals surface area contributed by atoms with Crippen LogP contribution in [0, 0.1) is 0 Å². The third-order valence-electron chi connectivity index (χ3n) is 2.91. The van der Waals surface area contributed by atoms with Gasteiger partial charge in [-0.25, -0.2) is 4.98 Å². The summed E-state index contributed by atoms with van der Waals surface area (Å²) >= 11 is 0. The Kier molecular flexibility index (Phi) is 3.72. The molecule has 0 atom stereocenters. The summed E-state index contributed by atoms with van der Waals surface area (Å²) in [5.41, 5.74) is 1.10. The number of nitrogens with zero attached hydrogens (tertiary/aromatic N) is 4. The van der Waals surface area contributed by atoms with Crippen molar-refractivity contribution in [1.82, 2.24) is 30.3 Å². The van der Waals surface area contributed by atoms with E-state index in [1.54, 1.807) is 12.4 Å². The number of carbonyl (C=O) groups excluding carboxylic acids is 1. The summed E-state index contributed by atoms with van der Waals surface area (Å²) in [6.45, 7) is 0.491. The van der Waals surface area contributed by atoms with Crippen molar-refractivity contribution in [3.05, 3.63) is 60.4 Å². The first-order valence-corrected chi connectivity index (χ1v) is 6.57. The van der Waals surface area contributed by atoms with Crippen molar-refractivity contribution in [2.45, 2.75) is 6.42 Å². The Morgan fingerprint density at radius 1 is 1.29 bits per heavy atom. The van der Waals surface area contributed by atoms with Crippen LogP contribution in [0.15, 0.2) is 48.9 Å². The number of amides is 1. The summed E-state index contributed by atoms with van der Waals surface area (Å²) in [6, 6.07) is 9.44. The lowest BCUT2D eigenvalue weighted by Crippen LogP contribution is -2.26. The molecule has 0 radical (unpaired) electrons. The molecule has 2 heterocycles. The topological polar surface area (TPSA) is 88.5 Å². The van der Waals surface area contributed by atoms with Gasteiger partial charge in [0, 0.05) is 25.4 Å². The summed E-state index contributed by atoms with van der Waals surface area (Å²) in [6.07, 6.45) is 5.53. The first-order chi connectivity index (χ1) is 10.3. The van der Waals surface area contributed by atoms with Gasteiger partial charge >= 0.3 is 0 Å². The Balaban J connectivity index is 1.59. The van der Waals surface area contributed by atoms with Gasteiger partial charge in [0.1, 0.15) is 5.82 Å². The van der Waals surface area contributed by atoms with Crippen molar-refractivity contribution in [2.24, 2.45) is 0 Å². The van der Waals surface area contributed by atoms with Crippen LogP contribution in [0.3, 0.4) is 0 Å². The highest BCUT2D eigenvalue weighted by Gasteiger charge is 2.10. The average molecular weight is 282 g/mol. The molecule has 0 unspecified atom stereocenters. The third-order valence-corrected chi connectivity index (χ3v) is 2.91. The van der Waals surface area contributed by atoms with Crippen LogP contribution >= 0.6 is 0 Å². The van der Waals surface area contributed by atoms with Gasteiger partial charge in [-0.2, -0.15) is 9.90 Å². The maximum absolute atomic E-state index is 12.0. The lowest BCUT2D eigenvalue weighted by Gasteiger charge is -2.01. The van der Waals surface area contributed by atoms with E-state index in [0.29, 0.717) is 18.7 Å². The number of para-hydroxylation sites is 1. The highest BCUT2D eigenvalue weighted by atomic mass is 16.2. The number of hydrogen-bond donors (Lipinski definition) is 2. The minimum Gasteiger partial charge on any atom is -0.350 e. The molecule has 0 saturated heterocycles. The number of H-pyrrole nitrogens is 1. The molecule has 1 aromatic carbocycles. The second kappa shape index (κ2) is 6.00. The lowest BCUT2D eigenvalue weighted by molar-refractivity contribution is 0.0948. The summed E-state index contributed by atoms with van der Waals surface area (Å²) in [4.78, 5) is 20.5. The molecule has 1 amide bonds. The number of aromatic nitrogens is 5. The normalized spacial score (nSPS) is 10.5. The van der Waals surface area contributed by atoms with Gasteiger partial charge in [-0.15, -0.1) is 5.10 Å². The number of imidazole rings is 1. The van der Waals surface area contributed by atoms with Crippen molar-refractivity contribution in [3.63, 3.8) is 0 Å². The highest BCUT2D eigenvalue weighted by Crippen LogP contribution is 2.04. The summed E-state index contributed by atoms with van der Waals surface area (Å²) in [5, 5.41) is 11.0. The van der Waals surface area contributed by atoms with E-state index in [2.05, 4.69) is 25.5 Å². The van der Waals surface area contributed by atoms with Crippen LogP contribution in [0.2, 0.25) is 0 Å². The van der Waals surface area contributed by atoms with Gasteiger partial charge in [-0.05, 0) is 12.1 Å². The molecule has 7 heteroatoms. The van der Waals surface area contributed by atoms with Crippen LogP contribution < -0.4 is 5.32 Å². The Bertz CT molecular complexity index is 704. The lowest BCUT2D eigenvalue weighted by atomic mass is 10.3. The zero-order valence-corrected chi connectivity index (χ0v) is 11.2. The van der Waals surface area contributed by atoms with E-state index in [9.17, 15) is 4.79 Å². The molecule has 2 N–H and O–H groups in total. The fourth-order valence-corrected chi connectivity index (χ4v) is 1.87. The second-order valence-electron chi connectivity index (χ2n) is 4.40. The molecule has 106 valence electrons. The largest absolute Gasteiger partial charge is 0.350 e. The molecule has 0 fully saturated rings. The maximum atomic E-state index is 12.0. The summed E-state index contributed by atoms with van der Waals surface area (Å²) in [7, 11) is 0. The van der Waals surface area contributed by atoms with Gasteiger partial charge in [-0.1, -0.05) is 18.2 Å². The molecule has 21 heavy (non-hydrogen) atoms. The van der Waals surface area contributed by atoms with Crippen molar-refractivity contribution >= 4 is 5.91 Å². The number of rotatable bonds is 5. The molecule has 3 rings (SSSR count). The molecule has 0 aliphatic rings. The van der Waals surface area contributed by atoms with Gasteiger partial charge in [0.2, 0.25) is 0 Å². The molecular weight excluding hydrogens is 268 g/mol. The third kappa shape index (κ3) is 3.14. The minimum atomic E-state index is -0.247. The van der Waals surface area contributed by atoms with E-state index in [-0.39, 0.29) is 5.91 Å². The van der Waals surface area contributed by atoms with Crippen molar-refractivity contribution in [2.75, 3.05) is 6.54 Å². The van der Waals surface area contributed by atoms with Gasteiger partial charge in [0.15, 0.2) is 5.69 Å². The van der Waals surface area contributed by atoms with Crippen LogP contribution in [0.1, 0.15) is 16.3 Å². The van der Waals surface area contributed by atoms with Gasteiger partial charge in [0.05, 0.1) is 11.9 Å². The van der Waals surface area contributed by atoms with Crippen LogP contribution in [0.4, 0.5) is 0 Å². The zero-order valence-electron chi connectivity index (χ0n) is 11.2. The van der Waals surface area contributed by atoms with E-state index in [4.69, 9.17) is 0 Å². The van der Waals surface area contributed by atoms with Gasteiger partial charge in [-0.3, -0.25) is 4.79 Å². The predicted molar refractivity (Wildman–Crippen MR) is 76.0 cm³/mol. The van der Waals surface area contributed by atoms with Crippen molar-refractivity contribution < 1.29 is 4.79 Å². The molecule has 0 spiro atoms. The smallest absolute Gasteiger partial charge is 0.273 e.